The standard InChI is InChI=1S/C11H11NO6/c13-9(18-17)5-6-12-10(14)7-3-1-2-4-8(7)11(15)16/h1-4,17H,5-6H2,(H,12,14)(H,15,16). The van der Waals surface area contributed by atoms with E-state index in [-0.39, 0.29) is 24.1 Å². The third-order valence-electron chi connectivity index (χ3n) is 2.12. The van der Waals surface area contributed by atoms with Crippen molar-refractivity contribution >= 4 is 17.8 Å². The van der Waals surface area contributed by atoms with Crippen LogP contribution in [0.25, 0.3) is 0 Å². The van der Waals surface area contributed by atoms with Gasteiger partial charge in [0.2, 0.25) is 0 Å². The normalized spacial score (nSPS) is 9.61. The summed E-state index contributed by atoms with van der Waals surface area (Å²) < 4.78 is 0. The minimum Gasteiger partial charge on any atom is -0.478 e. The monoisotopic (exact) mass is 253 g/mol. The van der Waals surface area contributed by atoms with E-state index in [0.29, 0.717) is 0 Å². The molecule has 0 aromatic heterocycles. The molecule has 7 heteroatoms. The molecule has 0 aliphatic heterocycles. The number of hydrogen-bond donors (Lipinski definition) is 3. The molecule has 0 spiro atoms. The van der Waals surface area contributed by atoms with Crippen molar-refractivity contribution in [2.45, 2.75) is 6.42 Å². The van der Waals surface area contributed by atoms with E-state index in [2.05, 4.69) is 10.2 Å². The quantitative estimate of drug-likeness (QED) is 0.521. The van der Waals surface area contributed by atoms with Crippen molar-refractivity contribution in [1.29, 1.82) is 0 Å². The molecule has 0 unspecified atom stereocenters. The molecule has 1 aromatic carbocycles. The van der Waals surface area contributed by atoms with Gasteiger partial charge in [-0.3, -0.25) is 4.79 Å². The van der Waals surface area contributed by atoms with Gasteiger partial charge in [0.25, 0.3) is 5.91 Å². The molecule has 96 valence electrons. The Hall–Kier alpha value is -2.41. The summed E-state index contributed by atoms with van der Waals surface area (Å²) in [5, 5.41) is 19.2. The van der Waals surface area contributed by atoms with E-state index in [0.717, 1.165) is 0 Å². The van der Waals surface area contributed by atoms with Crippen LogP contribution in [0.1, 0.15) is 27.1 Å². The molecular weight excluding hydrogens is 242 g/mol. The molecule has 7 nitrogen and oxygen atoms in total. The molecule has 0 atom stereocenters. The lowest BCUT2D eigenvalue weighted by Crippen LogP contribution is -2.27. The molecule has 1 rings (SSSR count). The van der Waals surface area contributed by atoms with Crippen molar-refractivity contribution in [2.75, 3.05) is 6.54 Å². The number of aromatic carboxylic acids is 1. The summed E-state index contributed by atoms with van der Waals surface area (Å²) in [6, 6.07) is 5.70. The maximum Gasteiger partial charge on any atom is 0.343 e. The number of carbonyl (C=O) groups excluding carboxylic acids is 2. The zero-order valence-corrected chi connectivity index (χ0v) is 9.25. The average molecular weight is 253 g/mol. The Kier molecular flexibility index (Phi) is 4.82. The summed E-state index contributed by atoms with van der Waals surface area (Å²) in [6.07, 6.45) is -0.211. The molecule has 0 aliphatic rings. The molecule has 0 bridgehead atoms. The molecule has 0 saturated heterocycles. The number of benzene rings is 1. The first-order chi connectivity index (χ1) is 8.56. The Morgan fingerprint density at radius 1 is 1.17 bits per heavy atom. The lowest BCUT2D eigenvalue weighted by atomic mass is 10.1. The summed E-state index contributed by atoms with van der Waals surface area (Å²) in [5.41, 5.74) is -0.123. The first-order valence-electron chi connectivity index (χ1n) is 5.01. The second-order valence-corrected chi connectivity index (χ2v) is 3.32. The van der Waals surface area contributed by atoms with Crippen LogP contribution in [-0.4, -0.2) is 34.8 Å². The lowest BCUT2D eigenvalue weighted by molar-refractivity contribution is -0.234. The highest BCUT2D eigenvalue weighted by atomic mass is 17.1. The van der Waals surface area contributed by atoms with E-state index in [1.54, 1.807) is 0 Å². The largest absolute Gasteiger partial charge is 0.478 e. The van der Waals surface area contributed by atoms with Crippen molar-refractivity contribution in [3.8, 4) is 0 Å². The third kappa shape index (κ3) is 3.56. The van der Waals surface area contributed by atoms with E-state index in [4.69, 9.17) is 10.4 Å². The van der Waals surface area contributed by atoms with E-state index >= 15 is 0 Å². The van der Waals surface area contributed by atoms with Gasteiger partial charge in [-0.2, -0.15) is 5.26 Å². The molecule has 0 heterocycles. The zero-order chi connectivity index (χ0) is 13.5. The van der Waals surface area contributed by atoms with Crippen LogP contribution in [0.3, 0.4) is 0 Å². The Balaban J connectivity index is 2.67. The van der Waals surface area contributed by atoms with Crippen molar-refractivity contribution in [3.05, 3.63) is 35.4 Å². The number of rotatable bonds is 5. The minimum absolute atomic E-state index is 0.00219. The molecule has 1 amide bonds. The van der Waals surface area contributed by atoms with Crippen LogP contribution < -0.4 is 5.32 Å². The van der Waals surface area contributed by atoms with Crippen molar-refractivity contribution < 1.29 is 29.6 Å². The van der Waals surface area contributed by atoms with Gasteiger partial charge in [0.1, 0.15) is 0 Å². The van der Waals surface area contributed by atoms with Gasteiger partial charge < -0.3 is 15.3 Å². The minimum atomic E-state index is -1.21. The SMILES string of the molecule is O=C(CCNC(=O)c1ccccc1C(=O)O)OO. The van der Waals surface area contributed by atoms with Crippen LogP contribution in [0.2, 0.25) is 0 Å². The Morgan fingerprint density at radius 2 is 1.78 bits per heavy atom. The molecule has 0 saturated carbocycles. The van der Waals surface area contributed by atoms with Crippen LogP contribution in [0.15, 0.2) is 24.3 Å². The van der Waals surface area contributed by atoms with Crippen LogP contribution in [0.4, 0.5) is 0 Å². The number of nitrogens with one attached hydrogen (secondary N) is 1. The van der Waals surface area contributed by atoms with E-state index in [1.165, 1.54) is 24.3 Å². The number of amides is 1. The molecule has 0 aliphatic carbocycles. The number of carboxylic acid groups (broad SMARTS) is 1. The maximum atomic E-state index is 11.7. The highest BCUT2D eigenvalue weighted by molar-refractivity contribution is 6.04. The number of hydrogen-bond acceptors (Lipinski definition) is 5. The smallest absolute Gasteiger partial charge is 0.343 e. The fourth-order valence-electron chi connectivity index (χ4n) is 1.29. The summed E-state index contributed by atoms with van der Waals surface area (Å²) in [6.45, 7) is -0.0633. The maximum absolute atomic E-state index is 11.7. The Labute approximate surface area is 102 Å². The van der Waals surface area contributed by atoms with Crippen molar-refractivity contribution in [2.24, 2.45) is 0 Å². The fraction of sp³-hybridized carbons (Fsp3) is 0.182. The van der Waals surface area contributed by atoms with Crippen LogP contribution in [0.5, 0.6) is 0 Å². The highest BCUT2D eigenvalue weighted by Crippen LogP contribution is 2.08. The second kappa shape index (κ2) is 6.36. The summed E-state index contributed by atoms with van der Waals surface area (Å²) in [4.78, 5) is 36.5. The second-order valence-electron chi connectivity index (χ2n) is 3.32. The highest BCUT2D eigenvalue weighted by Gasteiger charge is 2.15. The van der Waals surface area contributed by atoms with Gasteiger partial charge in [-0.1, -0.05) is 12.1 Å². The van der Waals surface area contributed by atoms with Gasteiger partial charge in [0.15, 0.2) is 0 Å². The summed E-state index contributed by atoms with van der Waals surface area (Å²) in [7, 11) is 0. The molecule has 3 N–H and O–H groups in total. The first-order valence-corrected chi connectivity index (χ1v) is 5.01. The van der Waals surface area contributed by atoms with E-state index < -0.39 is 17.8 Å². The lowest BCUT2D eigenvalue weighted by Gasteiger charge is -2.06. The molecule has 18 heavy (non-hydrogen) atoms. The van der Waals surface area contributed by atoms with E-state index in [1.807, 2.05) is 0 Å². The van der Waals surface area contributed by atoms with Crippen molar-refractivity contribution in [3.63, 3.8) is 0 Å². The van der Waals surface area contributed by atoms with Gasteiger partial charge in [-0.15, -0.1) is 0 Å². The fourth-order valence-corrected chi connectivity index (χ4v) is 1.29. The van der Waals surface area contributed by atoms with Crippen LogP contribution >= 0.6 is 0 Å². The number of carboxylic acids is 1. The van der Waals surface area contributed by atoms with Gasteiger partial charge in [-0.25, -0.2) is 9.59 Å². The van der Waals surface area contributed by atoms with Crippen molar-refractivity contribution in [1.82, 2.24) is 5.32 Å². The molecule has 0 fully saturated rings. The van der Waals surface area contributed by atoms with Gasteiger partial charge in [0, 0.05) is 6.54 Å². The molecule has 0 radical (unpaired) electrons. The Bertz CT molecular complexity index is 470. The van der Waals surface area contributed by atoms with Gasteiger partial charge in [0.05, 0.1) is 17.5 Å². The summed E-state index contributed by atoms with van der Waals surface area (Å²) >= 11 is 0. The topological polar surface area (TPSA) is 113 Å². The predicted molar refractivity (Wildman–Crippen MR) is 59.1 cm³/mol. The molecule has 1 aromatic rings. The van der Waals surface area contributed by atoms with Crippen LogP contribution in [-0.2, 0) is 9.68 Å². The molecular formula is C11H11NO6. The Morgan fingerprint density at radius 3 is 2.33 bits per heavy atom. The first kappa shape index (κ1) is 13.7. The van der Waals surface area contributed by atoms with Gasteiger partial charge in [-0.05, 0) is 12.1 Å². The average Bonchev–Trinajstić information content (AvgIpc) is 2.38. The third-order valence-corrected chi connectivity index (χ3v) is 2.12. The summed E-state index contributed by atoms with van der Waals surface area (Å²) in [5.74, 6) is -2.71. The van der Waals surface area contributed by atoms with E-state index in [9.17, 15) is 14.4 Å². The van der Waals surface area contributed by atoms with Crippen LogP contribution in [0, 0.1) is 0 Å². The predicted octanol–water partition coefficient (Wildman–Crippen LogP) is 0.521. The number of carbonyl (C=O) groups is 3. The zero-order valence-electron chi connectivity index (χ0n) is 9.25. The van der Waals surface area contributed by atoms with Gasteiger partial charge >= 0.3 is 11.9 Å².